The second-order valence-corrected chi connectivity index (χ2v) is 3.37. The monoisotopic (exact) mass is 173 g/mol. The van der Waals surface area contributed by atoms with E-state index < -0.39 is 0 Å². The molecule has 0 atom stereocenters. The molecule has 11 heavy (non-hydrogen) atoms. The maximum Gasteiger partial charge on any atom is 0.0794 e. The number of hydrogen-bond donors (Lipinski definition) is 2. The first-order chi connectivity index (χ1) is 5.36. The van der Waals surface area contributed by atoms with Crippen LogP contribution in [-0.2, 0) is 6.42 Å². The maximum absolute atomic E-state index is 8.75. The first kappa shape index (κ1) is 8.64. The number of aliphatic hydroxyl groups excluding tert-OH is 2. The van der Waals surface area contributed by atoms with Gasteiger partial charge in [0.05, 0.1) is 5.51 Å². The fraction of sp³-hybridized carbons (Fsp3) is 0.571. The van der Waals surface area contributed by atoms with Crippen LogP contribution in [0.15, 0.2) is 11.7 Å². The SMILES string of the molecule is OCC(CO)Cc1cncs1. The van der Waals surface area contributed by atoms with Gasteiger partial charge in [-0.2, -0.15) is 0 Å². The molecule has 0 saturated carbocycles. The molecule has 0 fully saturated rings. The molecule has 1 aromatic rings. The second kappa shape index (κ2) is 4.43. The molecular formula is C7H11NO2S. The summed E-state index contributed by atoms with van der Waals surface area (Å²) >= 11 is 1.55. The molecule has 0 unspecified atom stereocenters. The van der Waals surface area contributed by atoms with Gasteiger partial charge in [-0.25, -0.2) is 0 Å². The van der Waals surface area contributed by atoms with Crippen LogP contribution >= 0.6 is 11.3 Å². The highest BCUT2D eigenvalue weighted by molar-refractivity contribution is 7.09. The summed E-state index contributed by atoms with van der Waals surface area (Å²) in [5.74, 6) is -0.0320. The van der Waals surface area contributed by atoms with Gasteiger partial charge >= 0.3 is 0 Å². The van der Waals surface area contributed by atoms with Crippen LogP contribution in [0.1, 0.15) is 4.88 Å². The van der Waals surface area contributed by atoms with Crippen molar-refractivity contribution in [3.8, 4) is 0 Å². The number of aliphatic hydroxyl groups is 2. The Bertz CT molecular complexity index is 184. The van der Waals surface area contributed by atoms with Crippen molar-refractivity contribution in [2.75, 3.05) is 13.2 Å². The van der Waals surface area contributed by atoms with Crippen LogP contribution in [0.4, 0.5) is 0 Å². The standard InChI is InChI=1S/C7H11NO2S/c9-3-6(4-10)1-7-2-8-5-11-7/h2,5-6,9-10H,1,3-4H2. The van der Waals surface area contributed by atoms with Gasteiger partial charge in [0.1, 0.15) is 0 Å². The molecule has 1 rings (SSSR count). The molecule has 0 amide bonds. The number of hydrogen-bond acceptors (Lipinski definition) is 4. The minimum atomic E-state index is -0.0320. The lowest BCUT2D eigenvalue weighted by molar-refractivity contribution is 0.150. The lowest BCUT2D eigenvalue weighted by Gasteiger charge is -2.07. The van der Waals surface area contributed by atoms with Crippen molar-refractivity contribution >= 4 is 11.3 Å². The first-order valence-electron chi connectivity index (χ1n) is 3.46. The van der Waals surface area contributed by atoms with Gasteiger partial charge in [0.25, 0.3) is 0 Å². The van der Waals surface area contributed by atoms with Crippen LogP contribution < -0.4 is 0 Å². The van der Waals surface area contributed by atoms with E-state index in [2.05, 4.69) is 4.98 Å². The van der Waals surface area contributed by atoms with E-state index in [9.17, 15) is 0 Å². The summed E-state index contributed by atoms with van der Waals surface area (Å²) < 4.78 is 0. The van der Waals surface area contributed by atoms with Gasteiger partial charge in [-0.15, -0.1) is 11.3 Å². The van der Waals surface area contributed by atoms with Gasteiger partial charge in [0.2, 0.25) is 0 Å². The Morgan fingerprint density at radius 3 is 2.64 bits per heavy atom. The number of rotatable bonds is 4. The predicted molar refractivity (Wildman–Crippen MR) is 43.5 cm³/mol. The van der Waals surface area contributed by atoms with E-state index in [1.54, 1.807) is 23.0 Å². The fourth-order valence-corrected chi connectivity index (χ4v) is 1.53. The summed E-state index contributed by atoms with van der Waals surface area (Å²) in [5, 5.41) is 17.5. The molecule has 2 N–H and O–H groups in total. The highest BCUT2D eigenvalue weighted by atomic mass is 32.1. The Balaban J connectivity index is 2.41. The van der Waals surface area contributed by atoms with Crippen LogP contribution in [0.2, 0.25) is 0 Å². The Morgan fingerprint density at radius 1 is 1.45 bits per heavy atom. The molecule has 0 aliphatic rings. The molecule has 0 spiro atoms. The highest BCUT2D eigenvalue weighted by Crippen LogP contribution is 2.11. The largest absolute Gasteiger partial charge is 0.396 e. The van der Waals surface area contributed by atoms with Gasteiger partial charge in [0.15, 0.2) is 0 Å². The van der Waals surface area contributed by atoms with E-state index >= 15 is 0 Å². The fourth-order valence-electron chi connectivity index (χ4n) is 0.814. The number of thiazole rings is 1. The minimum absolute atomic E-state index is 0.0320. The van der Waals surface area contributed by atoms with E-state index in [0.29, 0.717) is 0 Å². The van der Waals surface area contributed by atoms with Crippen LogP contribution in [0.25, 0.3) is 0 Å². The third-order valence-corrected chi connectivity index (χ3v) is 2.29. The van der Waals surface area contributed by atoms with E-state index in [-0.39, 0.29) is 19.1 Å². The zero-order valence-corrected chi connectivity index (χ0v) is 6.92. The molecule has 0 aliphatic carbocycles. The van der Waals surface area contributed by atoms with Crippen molar-refractivity contribution in [2.45, 2.75) is 6.42 Å². The molecule has 0 bridgehead atoms. The summed E-state index contributed by atoms with van der Waals surface area (Å²) in [6.07, 6.45) is 2.49. The summed E-state index contributed by atoms with van der Waals surface area (Å²) in [7, 11) is 0. The average Bonchev–Trinajstić information content (AvgIpc) is 2.52. The number of aromatic nitrogens is 1. The predicted octanol–water partition coefficient (Wildman–Crippen LogP) is 0.286. The molecule has 3 nitrogen and oxygen atoms in total. The van der Waals surface area contributed by atoms with Crippen molar-refractivity contribution in [3.63, 3.8) is 0 Å². The molecule has 0 aromatic carbocycles. The summed E-state index contributed by atoms with van der Waals surface area (Å²) in [6, 6.07) is 0. The Labute approximate surface area is 69.3 Å². The normalized spacial score (nSPS) is 10.8. The zero-order chi connectivity index (χ0) is 8.10. The van der Waals surface area contributed by atoms with Gasteiger partial charge in [-0.05, 0) is 6.42 Å². The molecule has 1 heterocycles. The molecule has 4 heteroatoms. The summed E-state index contributed by atoms with van der Waals surface area (Å²) in [5.41, 5.74) is 1.75. The third kappa shape index (κ3) is 2.57. The maximum atomic E-state index is 8.75. The second-order valence-electron chi connectivity index (χ2n) is 2.40. The molecule has 62 valence electrons. The lowest BCUT2D eigenvalue weighted by Crippen LogP contribution is -2.13. The van der Waals surface area contributed by atoms with E-state index in [4.69, 9.17) is 10.2 Å². The molecule has 0 radical (unpaired) electrons. The van der Waals surface area contributed by atoms with Gasteiger partial charge in [-0.1, -0.05) is 0 Å². The zero-order valence-electron chi connectivity index (χ0n) is 6.10. The first-order valence-corrected chi connectivity index (χ1v) is 4.34. The van der Waals surface area contributed by atoms with Gasteiger partial charge < -0.3 is 10.2 Å². The third-order valence-electron chi connectivity index (χ3n) is 1.49. The average molecular weight is 173 g/mol. The molecule has 0 aliphatic heterocycles. The van der Waals surface area contributed by atoms with Crippen molar-refractivity contribution in [3.05, 3.63) is 16.6 Å². The quantitative estimate of drug-likeness (QED) is 0.688. The smallest absolute Gasteiger partial charge is 0.0794 e. The van der Waals surface area contributed by atoms with Crippen LogP contribution in [0.3, 0.4) is 0 Å². The Morgan fingerprint density at radius 2 is 2.18 bits per heavy atom. The number of nitrogens with zero attached hydrogens (tertiary/aromatic N) is 1. The van der Waals surface area contributed by atoms with E-state index in [1.807, 2.05) is 0 Å². The molecular weight excluding hydrogens is 162 g/mol. The van der Waals surface area contributed by atoms with Crippen molar-refractivity contribution in [2.24, 2.45) is 5.92 Å². The van der Waals surface area contributed by atoms with E-state index in [0.717, 1.165) is 11.3 Å². The van der Waals surface area contributed by atoms with E-state index in [1.165, 1.54) is 0 Å². The lowest BCUT2D eigenvalue weighted by atomic mass is 10.1. The highest BCUT2D eigenvalue weighted by Gasteiger charge is 2.07. The van der Waals surface area contributed by atoms with Gasteiger partial charge in [-0.3, -0.25) is 4.98 Å². The van der Waals surface area contributed by atoms with Crippen molar-refractivity contribution in [1.82, 2.24) is 4.98 Å². The van der Waals surface area contributed by atoms with Crippen LogP contribution in [0, 0.1) is 5.92 Å². The minimum Gasteiger partial charge on any atom is -0.396 e. The van der Waals surface area contributed by atoms with Gasteiger partial charge in [0, 0.05) is 30.2 Å². The van der Waals surface area contributed by atoms with Crippen LogP contribution in [0.5, 0.6) is 0 Å². The molecule has 1 aromatic heterocycles. The topological polar surface area (TPSA) is 53.4 Å². The Kier molecular flexibility index (Phi) is 3.48. The van der Waals surface area contributed by atoms with Crippen molar-refractivity contribution < 1.29 is 10.2 Å². The van der Waals surface area contributed by atoms with Crippen molar-refractivity contribution in [1.29, 1.82) is 0 Å². The van der Waals surface area contributed by atoms with Crippen LogP contribution in [-0.4, -0.2) is 28.4 Å². The molecule has 0 saturated heterocycles. The Hall–Kier alpha value is -0.450. The summed E-state index contributed by atoms with van der Waals surface area (Å²) in [4.78, 5) is 5.01. The summed E-state index contributed by atoms with van der Waals surface area (Å²) in [6.45, 7) is 0.0722.